The molecule has 3 heteroatoms. The van der Waals surface area contributed by atoms with Crippen LogP contribution in [0.2, 0.25) is 0 Å². The van der Waals surface area contributed by atoms with Crippen LogP contribution < -0.4 is 0 Å². The molecule has 3 nitrogen and oxygen atoms in total. The predicted molar refractivity (Wildman–Crippen MR) is 75.2 cm³/mol. The zero-order valence-electron chi connectivity index (χ0n) is 12.1. The number of carboxylic acid groups (broad SMARTS) is 1. The van der Waals surface area contributed by atoms with Gasteiger partial charge in [-0.2, -0.15) is 0 Å². The molecule has 0 radical (unpaired) electrons. The van der Waals surface area contributed by atoms with E-state index in [0.717, 1.165) is 30.6 Å². The van der Waals surface area contributed by atoms with Crippen LogP contribution in [0.4, 0.5) is 4.79 Å². The van der Waals surface area contributed by atoms with Crippen LogP contribution in [0.1, 0.15) is 71.1 Å². The zero-order valence-corrected chi connectivity index (χ0v) is 12.1. The van der Waals surface area contributed by atoms with E-state index in [1.807, 2.05) is 0 Å². The molecule has 0 amide bonds. The van der Waals surface area contributed by atoms with Crippen molar-refractivity contribution in [2.24, 2.45) is 17.8 Å². The molecule has 0 heterocycles. The molecule has 110 valence electrons. The Kier molecular flexibility index (Phi) is 5.53. The van der Waals surface area contributed by atoms with Gasteiger partial charge in [0.2, 0.25) is 0 Å². The molecule has 0 spiro atoms. The second-order valence-corrected chi connectivity index (χ2v) is 6.49. The van der Waals surface area contributed by atoms with E-state index in [1.165, 1.54) is 51.4 Å². The topological polar surface area (TPSA) is 46.5 Å². The monoisotopic (exact) mass is 268 g/mol. The molecule has 1 N–H and O–H groups in total. The number of rotatable bonds is 4. The highest BCUT2D eigenvalue weighted by Gasteiger charge is 2.31. The molecule has 0 aliphatic heterocycles. The fourth-order valence-electron chi connectivity index (χ4n) is 4.18. The standard InChI is InChI=1S/C16H28O3/c1-2-3-12-4-6-13(7-5-12)14-8-10-15(11-9-14)19-16(17)18/h12-15H,2-11H2,1H3,(H,17,18). The largest absolute Gasteiger partial charge is 0.506 e. The lowest BCUT2D eigenvalue weighted by molar-refractivity contribution is 0.0192. The van der Waals surface area contributed by atoms with Gasteiger partial charge in [0.05, 0.1) is 0 Å². The average Bonchev–Trinajstić information content (AvgIpc) is 2.40. The summed E-state index contributed by atoms with van der Waals surface area (Å²) in [5.74, 6) is 2.71. The van der Waals surface area contributed by atoms with Gasteiger partial charge in [0.1, 0.15) is 6.10 Å². The third-order valence-electron chi connectivity index (χ3n) is 5.24. The van der Waals surface area contributed by atoms with Gasteiger partial charge in [0, 0.05) is 0 Å². The van der Waals surface area contributed by atoms with Gasteiger partial charge in [-0.1, -0.05) is 32.6 Å². The molecule has 0 atom stereocenters. The first kappa shape index (κ1) is 14.7. The highest BCUT2D eigenvalue weighted by Crippen LogP contribution is 2.41. The first-order valence-electron chi connectivity index (χ1n) is 8.08. The Labute approximate surface area is 116 Å². The van der Waals surface area contributed by atoms with E-state index < -0.39 is 6.16 Å². The normalized spacial score (nSPS) is 35.8. The van der Waals surface area contributed by atoms with Crippen LogP contribution in [0.5, 0.6) is 0 Å². The van der Waals surface area contributed by atoms with E-state index in [0.29, 0.717) is 0 Å². The van der Waals surface area contributed by atoms with Crippen LogP contribution in [-0.2, 0) is 4.74 Å². The van der Waals surface area contributed by atoms with Gasteiger partial charge >= 0.3 is 6.16 Å². The Morgan fingerprint density at radius 3 is 2.00 bits per heavy atom. The van der Waals surface area contributed by atoms with Gasteiger partial charge in [-0.15, -0.1) is 0 Å². The van der Waals surface area contributed by atoms with Gasteiger partial charge in [0.25, 0.3) is 0 Å². The molecule has 0 aromatic heterocycles. The molecule has 0 unspecified atom stereocenters. The minimum Gasteiger partial charge on any atom is -0.450 e. The molecule has 0 bridgehead atoms. The van der Waals surface area contributed by atoms with Gasteiger partial charge in [0.15, 0.2) is 0 Å². The van der Waals surface area contributed by atoms with Gasteiger partial charge in [-0.25, -0.2) is 4.79 Å². The van der Waals surface area contributed by atoms with E-state index >= 15 is 0 Å². The molecule has 2 fully saturated rings. The third kappa shape index (κ3) is 4.39. The maximum Gasteiger partial charge on any atom is 0.506 e. The van der Waals surface area contributed by atoms with Crippen LogP contribution in [0.25, 0.3) is 0 Å². The van der Waals surface area contributed by atoms with Crippen molar-refractivity contribution in [3.05, 3.63) is 0 Å². The molecule has 2 aliphatic carbocycles. The molecule has 0 aromatic rings. The minimum atomic E-state index is -1.11. The van der Waals surface area contributed by atoms with Crippen molar-refractivity contribution >= 4 is 6.16 Å². The lowest BCUT2D eigenvalue weighted by atomic mass is 9.70. The van der Waals surface area contributed by atoms with Crippen LogP contribution in [0.3, 0.4) is 0 Å². The molecular weight excluding hydrogens is 240 g/mol. The van der Waals surface area contributed by atoms with Crippen molar-refractivity contribution in [3.63, 3.8) is 0 Å². The number of hydrogen-bond acceptors (Lipinski definition) is 2. The summed E-state index contributed by atoms with van der Waals surface area (Å²) in [4.78, 5) is 10.5. The zero-order chi connectivity index (χ0) is 13.7. The Hall–Kier alpha value is -0.730. The molecule has 0 saturated heterocycles. The van der Waals surface area contributed by atoms with Crippen LogP contribution in [-0.4, -0.2) is 17.4 Å². The number of carbonyl (C=O) groups is 1. The van der Waals surface area contributed by atoms with Crippen LogP contribution in [0, 0.1) is 17.8 Å². The Bertz CT molecular complexity index is 274. The second kappa shape index (κ2) is 7.16. The SMILES string of the molecule is CCCC1CCC(C2CCC(OC(=O)O)CC2)CC1. The quantitative estimate of drug-likeness (QED) is 0.742. The number of ether oxygens (including phenoxy) is 1. The van der Waals surface area contributed by atoms with E-state index in [1.54, 1.807) is 0 Å². The molecule has 2 saturated carbocycles. The first-order valence-corrected chi connectivity index (χ1v) is 8.08. The summed E-state index contributed by atoms with van der Waals surface area (Å²) >= 11 is 0. The summed E-state index contributed by atoms with van der Waals surface area (Å²) < 4.78 is 4.89. The summed E-state index contributed by atoms with van der Waals surface area (Å²) in [6.45, 7) is 2.29. The Balaban J connectivity index is 1.69. The van der Waals surface area contributed by atoms with Crippen molar-refractivity contribution in [2.45, 2.75) is 77.2 Å². The summed E-state index contributed by atoms with van der Waals surface area (Å²) in [6, 6.07) is 0. The molecular formula is C16H28O3. The first-order chi connectivity index (χ1) is 9.19. The average molecular weight is 268 g/mol. The van der Waals surface area contributed by atoms with Gasteiger partial charge < -0.3 is 9.84 Å². The van der Waals surface area contributed by atoms with Crippen molar-refractivity contribution < 1.29 is 14.6 Å². The Morgan fingerprint density at radius 2 is 1.53 bits per heavy atom. The maximum absolute atomic E-state index is 10.5. The fourth-order valence-corrected chi connectivity index (χ4v) is 4.18. The fraction of sp³-hybridized carbons (Fsp3) is 0.938. The van der Waals surface area contributed by atoms with Gasteiger partial charge in [-0.3, -0.25) is 0 Å². The predicted octanol–water partition coefficient (Wildman–Crippen LogP) is 4.85. The van der Waals surface area contributed by atoms with E-state index in [-0.39, 0.29) is 6.10 Å². The lowest BCUT2D eigenvalue weighted by Crippen LogP contribution is -2.29. The van der Waals surface area contributed by atoms with Crippen molar-refractivity contribution in [1.82, 2.24) is 0 Å². The molecule has 0 aromatic carbocycles. The minimum absolute atomic E-state index is 0.0369. The third-order valence-corrected chi connectivity index (χ3v) is 5.24. The van der Waals surface area contributed by atoms with Crippen molar-refractivity contribution in [3.8, 4) is 0 Å². The van der Waals surface area contributed by atoms with Crippen molar-refractivity contribution in [1.29, 1.82) is 0 Å². The highest BCUT2D eigenvalue weighted by molar-refractivity contribution is 5.57. The van der Waals surface area contributed by atoms with Crippen LogP contribution >= 0.6 is 0 Å². The summed E-state index contributed by atoms with van der Waals surface area (Å²) in [5, 5.41) is 8.64. The number of hydrogen-bond donors (Lipinski definition) is 1. The molecule has 2 rings (SSSR count). The maximum atomic E-state index is 10.5. The van der Waals surface area contributed by atoms with E-state index in [9.17, 15) is 4.79 Å². The second-order valence-electron chi connectivity index (χ2n) is 6.49. The van der Waals surface area contributed by atoms with E-state index in [4.69, 9.17) is 9.84 Å². The summed E-state index contributed by atoms with van der Waals surface area (Å²) in [7, 11) is 0. The highest BCUT2D eigenvalue weighted by atomic mass is 16.7. The smallest absolute Gasteiger partial charge is 0.450 e. The molecule has 19 heavy (non-hydrogen) atoms. The lowest BCUT2D eigenvalue weighted by Gasteiger charge is -2.37. The summed E-state index contributed by atoms with van der Waals surface area (Å²) in [6.07, 6.45) is 11.4. The molecule has 2 aliphatic rings. The van der Waals surface area contributed by atoms with E-state index in [2.05, 4.69) is 6.92 Å². The Morgan fingerprint density at radius 1 is 1.00 bits per heavy atom. The van der Waals surface area contributed by atoms with Crippen molar-refractivity contribution in [2.75, 3.05) is 0 Å². The summed E-state index contributed by atoms with van der Waals surface area (Å²) in [5.41, 5.74) is 0. The van der Waals surface area contributed by atoms with Crippen LogP contribution in [0.15, 0.2) is 0 Å². The van der Waals surface area contributed by atoms with Gasteiger partial charge in [-0.05, 0) is 56.3 Å².